The maximum absolute atomic E-state index is 12.8. The zero-order valence-corrected chi connectivity index (χ0v) is 17.9. The van der Waals surface area contributed by atoms with Crippen LogP contribution in [0.2, 0.25) is 0 Å². The zero-order chi connectivity index (χ0) is 22.1. The monoisotopic (exact) mass is 455 g/mol. The molecule has 5 rings (SSSR count). The largest absolute Gasteiger partial charge is 0.379 e. The van der Waals surface area contributed by atoms with Crippen molar-refractivity contribution >= 4 is 15.9 Å². The van der Waals surface area contributed by atoms with Crippen LogP contribution in [0.4, 0.5) is 0 Å². The highest BCUT2D eigenvalue weighted by atomic mass is 32.2. The number of hydrogen-bond acceptors (Lipinski definition) is 8. The zero-order valence-electron chi connectivity index (χ0n) is 17.1. The average Bonchev–Trinajstić information content (AvgIpc) is 3.29. The second-order valence-electron chi connectivity index (χ2n) is 7.64. The van der Waals surface area contributed by atoms with E-state index in [9.17, 15) is 13.2 Å². The molecule has 4 heterocycles. The summed E-state index contributed by atoms with van der Waals surface area (Å²) in [6.07, 6.45) is 3.32. The Kier molecular flexibility index (Phi) is 5.45. The summed E-state index contributed by atoms with van der Waals surface area (Å²) in [7, 11) is -3.58. The van der Waals surface area contributed by atoms with Crippen LogP contribution >= 0.6 is 0 Å². The van der Waals surface area contributed by atoms with Crippen LogP contribution in [0.5, 0.6) is 0 Å². The summed E-state index contributed by atoms with van der Waals surface area (Å²) in [6, 6.07) is 9.67. The number of sulfonamides is 1. The number of hydrogen-bond donors (Lipinski definition) is 0. The molecule has 0 radical (unpaired) electrons. The Bertz CT molecular complexity index is 1200. The number of amides is 1. The molecule has 11 heteroatoms. The van der Waals surface area contributed by atoms with E-state index in [1.165, 1.54) is 16.4 Å². The first-order valence-electron chi connectivity index (χ1n) is 10.2. The second kappa shape index (κ2) is 8.41. The summed E-state index contributed by atoms with van der Waals surface area (Å²) in [5.41, 5.74) is 1.25. The third-order valence-corrected chi connectivity index (χ3v) is 7.52. The van der Waals surface area contributed by atoms with Crippen LogP contribution in [0.15, 0.2) is 58.2 Å². The first-order chi connectivity index (χ1) is 15.5. The summed E-state index contributed by atoms with van der Waals surface area (Å²) >= 11 is 0. The Hall–Kier alpha value is -3.15. The molecule has 0 spiro atoms. The smallest absolute Gasteiger partial charge is 0.253 e. The molecular formula is C21H21N5O5S. The van der Waals surface area contributed by atoms with Gasteiger partial charge >= 0.3 is 0 Å². The minimum absolute atomic E-state index is 0.0250. The Morgan fingerprint density at radius 3 is 2.38 bits per heavy atom. The molecule has 2 saturated heterocycles. The summed E-state index contributed by atoms with van der Waals surface area (Å²) in [5, 5.41) is 4.00. The molecule has 166 valence electrons. The fourth-order valence-electron chi connectivity index (χ4n) is 3.71. The van der Waals surface area contributed by atoms with Crippen molar-refractivity contribution in [2.75, 3.05) is 39.4 Å². The molecule has 2 aromatic heterocycles. The molecule has 3 aromatic rings. The van der Waals surface area contributed by atoms with Gasteiger partial charge in [0.25, 0.3) is 5.91 Å². The van der Waals surface area contributed by atoms with Crippen LogP contribution in [0, 0.1) is 0 Å². The van der Waals surface area contributed by atoms with Gasteiger partial charge in [-0.3, -0.25) is 9.78 Å². The van der Waals surface area contributed by atoms with Crippen LogP contribution in [0.3, 0.4) is 0 Å². The van der Waals surface area contributed by atoms with Crippen molar-refractivity contribution in [1.29, 1.82) is 0 Å². The molecule has 1 aromatic carbocycles. The highest BCUT2D eigenvalue weighted by Gasteiger charge is 2.36. The third-order valence-electron chi connectivity index (χ3n) is 5.61. The van der Waals surface area contributed by atoms with E-state index in [1.807, 2.05) is 0 Å². The normalized spacial score (nSPS) is 17.8. The van der Waals surface area contributed by atoms with Crippen molar-refractivity contribution < 1.29 is 22.5 Å². The molecule has 0 saturated carbocycles. The number of carbonyl (C=O) groups is 1. The van der Waals surface area contributed by atoms with Crippen molar-refractivity contribution in [3.8, 4) is 11.4 Å². The van der Waals surface area contributed by atoms with Gasteiger partial charge in [-0.15, -0.1) is 0 Å². The van der Waals surface area contributed by atoms with E-state index < -0.39 is 10.0 Å². The number of ether oxygens (including phenoxy) is 1. The van der Waals surface area contributed by atoms with Gasteiger partial charge in [-0.1, -0.05) is 5.16 Å². The van der Waals surface area contributed by atoms with Gasteiger partial charge in [0, 0.05) is 49.7 Å². The molecule has 2 aliphatic heterocycles. The minimum Gasteiger partial charge on any atom is -0.379 e. The van der Waals surface area contributed by atoms with Crippen molar-refractivity contribution in [3.63, 3.8) is 0 Å². The number of pyridine rings is 1. The fourth-order valence-corrected chi connectivity index (χ4v) is 5.12. The standard InChI is InChI=1S/C21H21N5O5S/c27-21(16-1-3-18(4-2-16)32(28,29)26-9-11-30-12-10-26)25-13-17(14-25)20-23-19(24-31-20)15-5-7-22-8-6-15/h1-8,17H,9-14H2. The van der Waals surface area contributed by atoms with E-state index >= 15 is 0 Å². The second-order valence-corrected chi connectivity index (χ2v) is 9.58. The number of carbonyl (C=O) groups excluding carboxylic acids is 1. The lowest BCUT2D eigenvalue weighted by Gasteiger charge is -2.37. The van der Waals surface area contributed by atoms with Gasteiger partial charge in [-0.25, -0.2) is 8.42 Å². The van der Waals surface area contributed by atoms with E-state index in [-0.39, 0.29) is 16.7 Å². The highest BCUT2D eigenvalue weighted by Crippen LogP contribution is 2.29. The Balaban J connectivity index is 1.21. The molecule has 1 amide bonds. The molecule has 0 aliphatic carbocycles. The van der Waals surface area contributed by atoms with Crippen molar-refractivity contribution in [1.82, 2.24) is 24.3 Å². The molecule has 0 N–H and O–H groups in total. The maximum atomic E-state index is 12.8. The Morgan fingerprint density at radius 1 is 1.00 bits per heavy atom. The first-order valence-corrected chi connectivity index (χ1v) is 11.7. The molecule has 2 aliphatic rings. The number of nitrogens with zero attached hydrogens (tertiary/aromatic N) is 5. The van der Waals surface area contributed by atoms with Gasteiger partial charge in [0.2, 0.25) is 21.7 Å². The fraction of sp³-hybridized carbons (Fsp3) is 0.333. The van der Waals surface area contributed by atoms with Crippen molar-refractivity contribution in [2.45, 2.75) is 10.8 Å². The predicted molar refractivity (Wildman–Crippen MR) is 112 cm³/mol. The summed E-state index contributed by atoms with van der Waals surface area (Å²) < 4.78 is 37.4. The van der Waals surface area contributed by atoms with Crippen molar-refractivity contribution in [3.05, 3.63) is 60.2 Å². The maximum Gasteiger partial charge on any atom is 0.253 e. The number of likely N-dealkylation sites (tertiary alicyclic amines) is 1. The lowest BCUT2D eigenvalue weighted by Crippen LogP contribution is -2.48. The summed E-state index contributed by atoms with van der Waals surface area (Å²) in [6.45, 7) is 2.36. The number of aromatic nitrogens is 3. The van der Waals surface area contributed by atoms with Crippen LogP contribution in [0.25, 0.3) is 11.4 Å². The molecule has 2 fully saturated rings. The van der Waals surface area contributed by atoms with Crippen LogP contribution in [-0.2, 0) is 14.8 Å². The molecular weight excluding hydrogens is 434 g/mol. The molecule has 0 bridgehead atoms. The molecule has 0 unspecified atom stereocenters. The summed E-state index contributed by atoms with van der Waals surface area (Å²) in [5.74, 6) is 0.797. The van der Waals surface area contributed by atoms with E-state index in [0.29, 0.717) is 56.7 Å². The van der Waals surface area contributed by atoms with E-state index in [0.717, 1.165) is 5.56 Å². The lowest BCUT2D eigenvalue weighted by atomic mass is 9.99. The Labute approximate surface area is 184 Å². The number of benzene rings is 1. The third kappa shape index (κ3) is 3.90. The van der Waals surface area contributed by atoms with Gasteiger partial charge in [-0.2, -0.15) is 9.29 Å². The number of morpholine rings is 1. The van der Waals surface area contributed by atoms with Gasteiger partial charge in [0.15, 0.2) is 0 Å². The number of rotatable bonds is 5. The highest BCUT2D eigenvalue weighted by molar-refractivity contribution is 7.89. The predicted octanol–water partition coefficient (Wildman–Crippen LogP) is 1.39. The van der Waals surface area contributed by atoms with Gasteiger partial charge in [-0.05, 0) is 36.4 Å². The van der Waals surface area contributed by atoms with Gasteiger partial charge in [0.05, 0.1) is 24.0 Å². The van der Waals surface area contributed by atoms with Gasteiger partial charge < -0.3 is 14.2 Å². The Morgan fingerprint density at radius 2 is 1.69 bits per heavy atom. The average molecular weight is 455 g/mol. The topological polar surface area (TPSA) is 119 Å². The lowest BCUT2D eigenvalue weighted by molar-refractivity contribution is 0.0569. The van der Waals surface area contributed by atoms with E-state index in [2.05, 4.69) is 15.1 Å². The minimum atomic E-state index is -3.58. The van der Waals surface area contributed by atoms with Crippen molar-refractivity contribution in [2.24, 2.45) is 0 Å². The van der Waals surface area contributed by atoms with Gasteiger partial charge in [0.1, 0.15) is 0 Å². The molecule has 32 heavy (non-hydrogen) atoms. The SMILES string of the molecule is O=C(c1ccc(S(=O)(=O)N2CCOCC2)cc1)N1CC(c2nc(-c3ccncc3)no2)C1. The molecule has 10 nitrogen and oxygen atoms in total. The van der Waals surface area contributed by atoms with Crippen LogP contribution in [0.1, 0.15) is 22.2 Å². The summed E-state index contributed by atoms with van der Waals surface area (Å²) in [4.78, 5) is 23.0. The quantitative estimate of drug-likeness (QED) is 0.566. The van der Waals surface area contributed by atoms with E-state index in [1.54, 1.807) is 41.6 Å². The molecule has 0 atom stereocenters. The first kappa shape index (κ1) is 20.7. The van der Waals surface area contributed by atoms with Crippen LogP contribution in [-0.4, -0.2) is 78.0 Å². The van der Waals surface area contributed by atoms with E-state index in [4.69, 9.17) is 9.26 Å². The van der Waals surface area contributed by atoms with Crippen LogP contribution < -0.4 is 0 Å².